The number of hydrogen-bond acceptors (Lipinski definition) is 7. The molecule has 0 atom stereocenters. The van der Waals surface area contributed by atoms with Crippen molar-refractivity contribution in [3.8, 4) is 5.75 Å². The number of carbonyl (C=O) groups excluding carboxylic acids is 1. The van der Waals surface area contributed by atoms with E-state index in [9.17, 15) is 5.11 Å². The van der Waals surface area contributed by atoms with Gasteiger partial charge in [-0.2, -0.15) is 9.67 Å². The molecular formula is C24H27N5O4. The molecule has 0 radical (unpaired) electrons. The van der Waals surface area contributed by atoms with Crippen molar-refractivity contribution in [2.45, 2.75) is 19.9 Å². The van der Waals surface area contributed by atoms with E-state index in [-0.39, 0.29) is 6.61 Å². The summed E-state index contributed by atoms with van der Waals surface area (Å²) in [7, 11) is 3.50. The molecule has 3 heterocycles. The van der Waals surface area contributed by atoms with Gasteiger partial charge in [0.05, 0.1) is 38.5 Å². The van der Waals surface area contributed by atoms with Gasteiger partial charge in [0.1, 0.15) is 17.3 Å². The minimum atomic E-state index is -1.08. The molecule has 9 heteroatoms. The average Bonchev–Trinajstić information content (AvgIpc) is 3.38. The molecule has 172 valence electrons. The SMILES string of the molecule is CC(=O)[O-].CNc1c(N=CC2=C(c3ccc(OC)cc3)[n+]3ccccc3C2)cnn1CCO. The minimum Gasteiger partial charge on any atom is -0.550 e. The Hall–Kier alpha value is -3.98. The van der Waals surface area contributed by atoms with E-state index in [4.69, 9.17) is 19.6 Å². The van der Waals surface area contributed by atoms with Crippen LogP contribution in [0.1, 0.15) is 18.2 Å². The lowest BCUT2D eigenvalue weighted by molar-refractivity contribution is -0.582. The highest BCUT2D eigenvalue weighted by atomic mass is 16.5. The maximum atomic E-state index is 9.20. The van der Waals surface area contributed by atoms with Crippen molar-refractivity contribution in [2.75, 3.05) is 26.1 Å². The molecular weight excluding hydrogens is 422 g/mol. The first-order chi connectivity index (χ1) is 16.0. The maximum absolute atomic E-state index is 9.20. The van der Waals surface area contributed by atoms with Gasteiger partial charge in [0.2, 0.25) is 5.70 Å². The second-order valence-corrected chi connectivity index (χ2v) is 7.17. The lowest BCUT2D eigenvalue weighted by Crippen LogP contribution is -2.33. The number of nitrogens with one attached hydrogen (secondary N) is 1. The Morgan fingerprint density at radius 1 is 1.33 bits per heavy atom. The van der Waals surface area contributed by atoms with E-state index >= 15 is 0 Å². The van der Waals surface area contributed by atoms with E-state index in [1.54, 1.807) is 18.0 Å². The predicted molar refractivity (Wildman–Crippen MR) is 123 cm³/mol. The number of rotatable bonds is 7. The summed E-state index contributed by atoms with van der Waals surface area (Å²) in [6, 6.07) is 14.3. The van der Waals surface area contributed by atoms with E-state index in [0.29, 0.717) is 6.54 Å². The van der Waals surface area contributed by atoms with Crippen molar-refractivity contribution < 1.29 is 24.3 Å². The van der Waals surface area contributed by atoms with Gasteiger partial charge >= 0.3 is 0 Å². The third kappa shape index (κ3) is 5.64. The Balaban J connectivity index is 0.000000709. The lowest BCUT2D eigenvalue weighted by atomic mass is 10.1. The fourth-order valence-corrected chi connectivity index (χ4v) is 3.59. The molecule has 0 aliphatic carbocycles. The highest BCUT2D eigenvalue weighted by Crippen LogP contribution is 2.28. The number of aromatic nitrogens is 3. The highest BCUT2D eigenvalue weighted by Gasteiger charge is 2.30. The van der Waals surface area contributed by atoms with Gasteiger partial charge in [-0.25, -0.2) is 4.68 Å². The summed E-state index contributed by atoms with van der Waals surface area (Å²) >= 11 is 0. The summed E-state index contributed by atoms with van der Waals surface area (Å²) in [5.74, 6) is 0.529. The molecule has 0 bridgehead atoms. The van der Waals surface area contributed by atoms with Crippen molar-refractivity contribution in [1.29, 1.82) is 0 Å². The molecule has 9 nitrogen and oxygen atoms in total. The van der Waals surface area contributed by atoms with Gasteiger partial charge in [0, 0.05) is 36.9 Å². The third-order valence-corrected chi connectivity index (χ3v) is 4.95. The minimum absolute atomic E-state index is 0.0260. The number of pyridine rings is 1. The summed E-state index contributed by atoms with van der Waals surface area (Å²) < 4.78 is 9.22. The summed E-state index contributed by atoms with van der Waals surface area (Å²) in [6.07, 6.45) is 6.49. The number of anilines is 1. The van der Waals surface area contributed by atoms with Crippen LogP contribution in [0.4, 0.5) is 11.5 Å². The zero-order valence-electron chi connectivity index (χ0n) is 18.9. The summed E-state index contributed by atoms with van der Waals surface area (Å²) in [5, 5.41) is 25.5. The normalized spacial score (nSPS) is 12.4. The number of carboxylic acid groups (broad SMARTS) is 1. The van der Waals surface area contributed by atoms with Crippen molar-refractivity contribution in [3.05, 3.63) is 71.7 Å². The van der Waals surface area contributed by atoms with Crippen LogP contribution in [0.3, 0.4) is 0 Å². The number of carboxylic acids is 1. The van der Waals surface area contributed by atoms with Gasteiger partial charge in [-0.1, -0.05) is 6.07 Å². The van der Waals surface area contributed by atoms with Crippen molar-refractivity contribution >= 4 is 29.4 Å². The number of hydrogen-bond donors (Lipinski definition) is 2. The number of nitrogens with zero attached hydrogens (tertiary/aromatic N) is 4. The molecule has 0 saturated heterocycles. The summed E-state index contributed by atoms with van der Waals surface area (Å²) in [4.78, 5) is 13.6. The number of methoxy groups -OCH3 is 1. The number of aliphatic carboxylic acids is 1. The monoisotopic (exact) mass is 449 g/mol. The molecule has 2 aromatic heterocycles. The van der Waals surface area contributed by atoms with E-state index in [2.05, 4.69) is 45.4 Å². The maximum Gasteiger partial charge on any atom is 0.223 e. The number of ether oxygens (including phenoxy) is 1. The Morgan fingerprint density at radius 2 is 2.06 bits per heavy atom. The average molecular weight is 450 g/mol. The first-order valence-corrected chi connectivity index (χ1v) is 10.4. The Kier molecular flexibility index (Phi) is 7.93. The van der Waals surface area contributed by atoms with Crippen molar-refractivity contribution in [3.63, 3.8) is 0 Å². The lowest BCUT2D eigenvalue weighted by Gasteiger charge is -2.05. The van der Waals surface area contributed by atoms with E-state index < -0.39 is 5.97 Å². The molecule has 0 unspecified atom stereocenters. The second-order valence-electron chi connectivity index (χ2n) is 7.17. The van der Waals surface area contributed by atoms with Crippen LogP contribution in [0.2, 0.25) is 0 Å². The molecule has 33 heavy (non-hydrogen) atoms. The van der Waals surface area contributed by atoms with Crippen LogP contribution < -0.4 is 19.7 Å². The molecule has 2 N–H and O–H groups in total. The van der Waals surface area contributed by atoms with Gasteiger partial charge in [-0.05, 0) is 31.2 Å². The van der Waals surface area contributed by atoms with Gasteiger partial charge in [0.25, 0.3) is 0 Å². The fraction of sp³-hybridized carbons (Fsp3) is 0.250. The largest absolute Gasteiger partial charge is 0.550 e. The molecule has 0 saturated carbocycles. The first-order valence-electron chi connectivity index (χ1n) is 10.4. The molecule has 4 rings (SSSR count). The zero-order valence-corrected chi connectivity index (χ0v) is 18.9. The molecule has 1 aliphatic heterocycles. The standard InChI is InChI=1S/C22H24N5O2.C2H4O2/c1-23-22-20(15-25-27(22)11-12-28)24-14-17-13-18-5-3-4-10-26(18)21(17)16-6-8-19(29-2)9-7-16;1-2(3)4/h3-10,14-15,23,28H,11-13H2,1-2H3;1H3,(H,3,4)/q+1;/p-1. The van der Waals surface area contributed by atoms with Crippen LogP contribution in [-0.2, 0) is 17.8 Å². The van der Waals surface area contributed by atoms with Gasteiger partial charge in [-0.3, -0.25) is 4.99 Å². The molecule has 0 spiro atoms. The quantitative estimate of drug-likeness (QED) is 0.414. The molecule has 1 aromatic carbocycles. The summed E-state index contributed by atoms with van der Waals surface area (Å²) in [6.45, 7) is 1.42. The fourth-order valence-electron chi connectivity index (χ4n) is 3.59. The number of aliphatic hydroxyl groups is 1. The number of carbonyl (C=O) groups is 1. The second kappa shape index (κ2) is 11.1. The van der Waals surface area contributed by atoms with Crippen LogP contribution in [0.25, 0.3) is 5.70 Å². The number of benzene rings is 1. The van der Waals surface area contributed by atoms with E-state index in [0.717, 1.165) is 47.4 Å². The Labute approximate surface area is 192 Å². The van der Waals surface area contributed by atoms with Crippen LogP contribution in [0.15, 0.2) is 65.4 Å². The number of fused-ring (bicyclic) bond motifs is 1. The summed E-state index contributed by atoms with van der Waals surface area (Å²) in [5.41, 5.74) is 5.29. The van der Waals surface area contributed by atoms with Gasteiger partial charge in [-0.15, -0.1) is 0 Å². The van der Waals surface area contributed by atoms with Crippen LogP contribution in [0.5, 0.6) is 5.75 Å². The Bertz CT molecular complexity index is 1160. The smallest absolute Gasteiger partial charge is 0.223 e. The number of allylic oxidation sites excluding steroid dienone is 1. The molecule has 1 aliphatic rings. The third-order valence-electron chi connectivity index (χ3n) is 4.95. The van der Waals surface area contributed by atoms with E-state index in [1.807, 2.05) is 31.5 Å². The molecule has 0 amide bonds. The molecule has 0 fully saturated rings. The van der Waals surface area contributed by atoms with Crippen LogP contribution >= 0.6 is 0 Å². The predicted octanol–water partition coefficient (Wildman–Crippen LogP) is 1.19. The van der Waals surface area contributed by atoms with E-state index in [1.165, 1.54) is 5.69 Å². The van der Waals surface area contributed by atoms with Crippen LogP contribution in [0, 0.1) is 0 Å². The van der Waals surface area contributed by atoms with Crippen LogP contribution in [-0.4, -0.2) is 47.8 Å². The zero-order chi connectivity index (χ0) is 23.8. The topological polar surface area (TPSA) is 116 Å². The molecule has 3 aromatic rings. The number of aliphatic hydroxyl groups excluding tert-OH is 1. The van der Waals surface area contributed by atoms with Crippen molar-refractivity contribution in [2.24, 2.45) is 4.99 Å². The Morgan fingerprint density at radius 3 is 2.70 bits per heavy atom. The van der Waals surface area contributed by atoms with Crippen molar-refractivity contribution in [1.82, 2.24) is 9.78 Å². The highest BCUT2D eigenvalue weighted by molar-refractivity contribution is 5.92. The van der Waals surface area contributed by atoms with Gasteiger partial charge in [0.15, 0.2) is 11.9 Å². The van der Waals surface area contributed by atoms with Gasteiger partial charge < -0.3 is 25.1 Å². The number of aliphatic imine (C=N–C) groups is 1. The first kappa shape index (κ1) is 23.7.